The molecule has 1 aliphatic heterocycles. The highest BCUT2D eigenvalue weighted by Crippen LogP contribution is 2.38. The first kappa shape index (κ1) is 23.0. The van der Waals surface area contributed by atoms with Crippen LogP contribution in [0.5, 0.6) is 11.5 Å². The minimum absolute atomic E-state index is 0.115. The zero-order valence-corrected chi connectivity index (χ0v) is 20.8. The van der Waals surface area contributed by atoms with Gasteiger partial charge in [-0.2, -0.15) is 0 Å². The Labute approximate surface area is 211 Å². The lowest BCUT2D eigenvalue weighted by Gasteiger charge is -2.38. The molecular formula is C28H33N5O3. The van der Waals surface area contributed by atoms with Crippen molar-refractivity contribution in [2.24, 2.45) is 0 Å². The van der Waals surface area contributed by atoms with Crippen LogP contribution in [0.3, 0.4) is 0 Å². The maximum Gasteiger partial charge on any atom is 0.234 e. The first-order chi connectivity index (χ1) is 17.7. The molecule has 2 aromatic carbocycles. The smallest absolute Gasteiger partial charge is 0.234 e. The van der Waals surface area contributed by atoms with Crippen LogP contribution in [0.4, 0.5) is 11.5 Å². The van der Waals surface area contributed by atoms with Crippen molar-refractivity contribution < 1.29 is 14.3 Å². The van der Waals surface area contributed by atoms with E-state index < -0.39 is 0 Å². The van der Waals surface area contributed by atoms with Gasteiger partial charge < -0.3 is 20.1 Å². The number of ether oxygens (including phenoxy) is 2. The molecule has 1 amide bonds. The number of nitrogens with one attached hydrogen (secondary N) is 2. The van der Waals surface area contributed by atoms with Gasteiger partial charge in [-0.25, -0.2) is 9.97 Å². The van der Waals surface area contributed by atoms with Gasteiger partial charge in [0.2, 0.25) is 5.91 Å². The fraction of sp³-hybridized carbons (Fsp3) is 0.464. The van der Waals surface area contributed by atoms with E-state index in [0.29, 0.717) is 18.3 Å². The Kier molecular flexibility index (Phi) is 6.35. The Hall–Kier alpha value is -3.39. The molecule has 8 heteroatoms. The largest absolute Gasteiger partial charge is 0.493 e. The zero-order chi connectivity index (χ0) is 24.5. The number of aromatic nitrogens is 2. The molecule has 3 aliphatic rings. The highest BCUT2D eigenvalue weighted by atomic mass is 16.5. The molecule has 2 aliphatic carbocycles. The van der Waals surface area contributed by atoms with Gasteiger partial charge in [-0.05, 0) is 68.2 Å². The standard InChI is InChI=1S/C28H33N5O3/c1-35-25-15-24-22(28(31-17-30-24)32-23-7-3-5-18-4-2-6-21(18)23)14-26(25)36-20-10-8-19(9-11-20)33-13-12-29-27(34)16-33/h3,5,7,14-15,17,19-20H,2,4,6,8-13,16H2,1H3,(H,29,34)(H,30,31,32). The molecule has 2 N–H and O–H groups in total. The lowest BCUT2D eigenvalue weighted by atomic mass is 9.91. The second kappa shape index (κ2) is 9.93. The van der Waals surface area contributed by atoms with Gasteiger partial charge in [0.1, 0.15) is 12.1 Å². The van der Waals surface area contributed by atoms with E-state index in [1.54, 1.807) is 13.4 Å². The van der Waals surface area contributed by atoms with Crippen molar-refractivity contribution in [2.45, 2.75) is 57.1 Å². The quantitative estimate of drug-likeness (QED) is 0.543. The summed E-state index contributed by atoms with van der Waals surface area (Å²) in [6.45, 7) is 2.18. The molecule has 2 heterocycles. The van der Waals surface area contributed by atoms with Gasteiger partial charge in [0.15, 0.2) is 11.5 Å². The van der Waals surface area contributed by atoms with Crippen molar-refractivity contribution in [1.82, 2.24) is 20.2 Å². The summed E-state index contributed by atoms with van der Waals surface area (Å²) in [7, 11) is 1.67. The summed E-state index contributed by atoms with van der Waals surface area (Å²) < 4.78 is 12.2. The topological polar surface area (TPSA) is 88.6 Å². The molecule has 0 radical (unpaired) electrons. The van der Waals surface area contributed by atoms with E-state index in [4.69, 9.17) is 9.47 Å². The predicted octanol–water partition coefficient (Wildman–Crippen LogP) is 3.99. The SMILES string of the molecule is COc1cc2ncnc(Nc3cccc4c3CCC4)c2cc1OC1CCC(N2CCNC(=O)C2)CC1. The Balaban J connectivity index is 1.21. The second-order valence-corrected chi connectivity index (χ2v) is 10.0. The van der Waals surface area contributed by atoms with E-state index in [1.165, 1.54) is 17.5 Å². The molecule has 1 aromatic heterocycles. The number of aryl methyl sites for hydroxylation is 1. The van der Waals surface area contributed by atoms with Crippen LogP contribution in [0, 0.1) is 0 Å². The Morgan fingerprint density at radius 1 is 1.08 bits per heavy atom. The van der Waals surface area contributed by atoms with Crippen LogP contribution in [0.15, 0.2) is 36.7 Å². The third-order valence-corrected chi connectivity index (χ3v) is 7.84. The first-order valence-corrected chi connectivity index (χ1v) is 13.1. The van der Waals surface area contributed by atoms with Gasteiger partial charge in [-0.15, -0.1) is 0 Å². The highest BCUT2D eigenvalue weighted by molar-refractivity contribution is 5.93. The van der Waals surface area contributed by atoms with Crippen molar-refractivity contribution in [3.8, 4) is 11.5 Å². The number of hydrogen-bond donors (Lipinski definition) is 2. The lowest BCUT2D eigenvalue weighted by Crippen LogP contribution is -2.52. The Bertz CT molecular complexity index is 1270. The summed E-state index contributed by atoms with van der Waals surface area (Å²) in [6, 6.07) is 10.9. The number of hydrogen-bond acceptors (Lipinski definition) is 7. The van der Waals surface area contributed by atoms with E-state index in [1.807, 2.05) is 12.1 Å². The van der Waals surface area contributed by atoms with Crippen LogP contribution in [-0.2, 0) is 17.6 Å². The number of carbonyl (C=O) groups excluding carboxylic acids is 1. The van der Waals surface area contributed by atoms with Crippen molar-refractivity contribution in [3.63, 3.8) is 0 Å². The number of methoxy groups -OCH3 is 1. The molecule has 188 valence electrons. The highest BCUT2D eigenvalue weighted by Gasteiger charge is 2.30. The van der Waals surface area contributed by atoms with Crippen LogP contribution >= 0.6 is 0 Å². The third kappa shape index (κ3) is 4.57. The summed E-state index contributed by atoms with van der Waals surface area (Å²) in [4.78, 5) is 23.2. The zero-order valence-electron chi connectivity index (χ0n) is 20.8. The maximum absolute atomic E-state index is 11.8. The van der Waals surface area contributed by atoms with Crippen LogP contribution in [0.2, 0.25) is 0 Å². The third-order valence-electron chi connectivity index (χ3n) is 7.84. The normalized spacial score (nSPS) is 22.2. The number of rotatable bonds is 6. The van der Waals surface area contributed by atoms with Gasteiger partial charge in [0.05, 0.1) is 25.3 Å². The van der Waals surface area contributed by atoms with E-state index >= 15 is 0 Å². The fourth-order valence-corrected chi connectivity index (χ4v) is 5.96. The van der Waals surface area contributed by atoms with Gasteiger partial charge in [0.25, 0.3) is 0 Å². The Morgan fingerprint density at radius 2 is 1.97 bits per heavy atom. The monoisotopic (exact) mass is 487 g/mol. The van der Waals surface area contributed by atoms with Crippen molar-refractivity contribution in [3.05, 3.63) is 47.8 Å². The number of carbonyl (C=O) groups is 1. The lowest BCUT2D eigenvalue weighted by molar-refractivity contribution is -0.125. The molecule has 0 atom stereocenters. The summed E-state index contributed by atoms with van der Waals surface area (Å²) in [5.41, 5.74) is 4.74. The van der Waals surface area contributed by atoms with Crippen LogP contribution in [0.1, 0.15) is 43.2 Å². The van der Waals surface area contributed by atoms with Crippen LogP contribution < -0.4 is 20.1 Å². The molecule has 1 saturated carbocycles. The first-order valence-electron chi connectivity index (χ1n) is 13.1. The Morgan fingerprint density at radius 3 is 2.81 bits per heavy atom. The van der Waals surface area contributed by atoms with Gasteiger partial charge in [-0.3, -0.25) is 9.69 Å². The summed E-state index contributed by atoms with van der Waals surface area (Å²) in [6.07, 6.45) is 9.10. The summed E-state index contributed by atoms with van der Waals surface area (Å²) in [5, 5.41) is 7.41. The summed E-state index contributed by atoms with van der Waals surface area (Å²) in [5.74, 6) is 2.32. The van der Waals surface area contributed by atoms with Gasteiger partial charge in [0, 0.05) is 36.3 Å². The van der Waals surface area contributed by atoms with Crippen LogP contribution in [0.25, 0.3) is 10.9 Å². The van der Waals surface area contributed by atoms with Gasteiger partial charge in [-0.1, -0.05) is 12.1 Å². The van der Waals surface area contributed by atoms with Crippen molar-refractivity contribution >= 4 is 28.3 Å². The minimum atomic E-state index is 0.115. The number of amides is 1. The average molecular weight is 488 g/mol. The molecule has 0 unspecified atom stereocenters. The molecule has 8 nitrogen and oxygen atoms in total. The predicted molar refractivity (Wildman–Crippen MR) is 139 cm³/mol. The van der Waals surface area contributed by atoms with Crippen molar-refractivity contribution in [2.75, 3.05) is 32.1 Å². The number of anilines is 2. The van der Waals surface area contributed by atoms with E-state index in [-0.39, 0.29) is 12.0 Å². The fourth-order valence-electron chi connectivity index (χ4n) is 5.96. The molecule has 36 heavy (non-hydrogen) atoms. The second-order valence-electron chi connectivity index (χ2n) is 10.0. The van der Waals surface area contributed by atoms with Crippen LogP contribution in [-0.4, -0.2) is 59.7 Å². The number of fused-ring (bicyclic) bond motifs is 2. The number of nitrogens with zero attached hydrogens (tertiary/aromatic N) is 3. The van der Waals surface area contributed by atoms with E-state index in [9.17, 15) is 4.79 Å². The molecule has 0 bridgehead atoms. The molecule has 1 saturated heterocycles. The number of piperazine rings is 1. The molecule has 6 rings (SSSR count). The maximum atomic E-state index is 11.8. The van der Waals surface area contributed by atoms with Crippen molar-refractivity contribution in [1.29, 1.82) is 0 Å². The average Bonchev–Trinajstić information content (AvgIpc) is 3.39. The molecule has 2 fully saturated rings. The summed E-state index contributed by atoms with van der Waals surface area (Å²) >= 11 is 0. The molecule has 0 spiro atoms. The van der Waals surface area contributed by atoms with E-state index in [2.05, 4.69) is 43.7 Å². The molecule has 3 aromatic rings. The van der Waals surface area contributed by atoms with Gasteiger partial charge >= 0.3 is 0 Å². The number of benzene rings is 2. The minimum Gasteiger partial charge on any atom is -0.493 e. The molecular weight excluding hydrogens is 454 g/mol. The van der Waals surface area contributed by atoms with E-state index in [0.717, 1.165) is 79.8 Å².